The number of nitrogens with zero attached hydrogens (tertiary/aromatic N) is 1. The van der Waals surface area contributed by atoms with Crippen LogP contribution < -0.4 is 4.74 Å². The molecule has 3 heteroatoms. The minimum atomic E-state index is 0.582. The quantitative estimate of drug-likeness (QED) is 0.661. The average Bonchev–Trinajstić information content (AvgIpc) is 2.37. The van der Waals surface area contributed by atoms with Gasteiger partial charge in [0.25, 0.3) is 0 Å². The summed E-state index contributed by atoms with van der Waals surface area (Å²) in [6, 6.07) is 9.39. The van der Waals surface area contributed by atoms with E-state index in [1.807, 2.05) is 18.2 Å². The minimum Gasteiger partial charge on any atom is -0.492 e. The van der Waals surface area contributed by atoms with Crippen molar-refractivity contribution in [2.24, 2.45) is 5.92 Å². The lowest BCUT2D eigenvalue weighted by Crippen LogP contribution is -2.05. The molecule has 18 heavy (non-hydrogen) atoms. The van der Waals surface area contributed by atoms with Crippen LogP contribution in [0.4, 0.5) is 0 Å². The van der Waals surface area contributed by atoms with E-state index in [4.69, 9.17) is 14.7 Å². The molecular weight excluding hydrogens is 226 g/mol. The summed E-state index contributed by atoms with van der Waals surface area (Å²) in [6.45, 7) is 6.48. The summed E-state index contributed by atoms with van der Waals surface area (Å²) >= 11 is 0. The van der Waals surface area contributed by atoms with Crippen LogP contribution in [-0.4, -0.2) is 19.8 Å². The van der Waals surface area contributed by atoms with Gasteiger partial charge in [0, 0.05) is 19.6 Å². The third-order valence-corrected chi connectivity index (χ3v) is 2.54. The van der Waals surface area contributed by atoms with Crippen molar-refractivity contribution in [1.29, 1.82) is 5.26 Å². The van der Waals surface area contributed by atoms with Gasteiger partial charge in [-0.15, -0.1) is 0 Å². The van der Waals surface area contributed by atoms with Gasteiger partial charge in [0.15, 0.2) is 0 Å². The van der Waals surface area contributed by atoms with E-state index < -0.39 is 0 Å². The predicted molar refractivity (Wildman–Crippen MR) is 71.5 cm³/mol. The maximum Gasteiger partial charge on any atom is 0.137 e. The largest absolute Gasteiger partial charge is 0.492 e. The van der Waals surface area contributed by atoms with Gasteiger partial charge in [-0.3, -0.25) is 0 Å². The topological polar surface area (TPSA) is 42.2 Å². The second-order valence-corrected chi connectivity index (χ2v) is 4.60. The summed E-state index contributed by atoms with van der Waals surface area (Å²) in [5, 5.41) is 8.89. The van der Waals surface area contributed by atoms with Crippen LogP contribution in [0.2, 0.25) is 0 Å². The van der Waals surface area contributed by atoms with E-state index in [0.717, 1.165) is 19.4 Å². The van der Waals surface area contributed by atoms with E-state index in [-0.39, 0.29) is 0 Å². The van der Waals surface area contributed by atoms with Crippen molar-refractivity contribution < 1.29 is 9.47 Å². The molecule has 0 aliphatic heterocycles. The highest BCUT2D eigenvalue weighted by molar-refractivity contribution is 5.42. The van der Waals surface area contributed by atoms with Crippen LogP contribution in [0.1, 0.15) is 32.3 Å². The Kier molecular flexibility index (Phi) is 6.90. The molecule has 0 heterocycles. The number of para-hydroxylation sites is 1. The zero-order valence-electron chi connectivity index (χ0n) is 11.2. The molecule has 0 aliphatic rings. The molecule has 1 aromatic rings. The lowest BCUT2D eigenvalue weighted by Gasteiger charge is -2.08. The van der Waals surface area contributed by atoms with E-state index in [0.29, 0.717) is 30.4 Å². The van der Waals surface area contributed by atoms with Crippen LogP contribution in [0, 0.1) is 17.2 Å². The first-order chi connectivity index (χ1) is 8.74. The highest BCUT2D eigenvalue weighted by Crippen LogP contribution is 2.16. The van der Waals surface area contributed by atoms with Gasteiger partial charge in [-0.05, 0) is 24.5 Å². The molecular formula is C15H21NO2. The van der Waals surface area contributed by atoms with Crippen molar-refractivity contribution in [3.63, 3.8) is 0 Å². The zero-order chi connectivity index (χ0) is 13.2. The Hall–Kier alpha value is -1.53. The normalized spacial score (nSPS) is 10.3. The van der Waals surface area contributed by atoms with E-state index in [2.05, 4.69) is 19.9 Å². The molecule has 0 aliphatic carbocycles. The number of ether oxygens (including phenoxy) is 2. The van der Waals surface area contributed by atoms with Gasteiger partial charge in [0.2, 0.25) is 0 Å². The van der Waals surface area contributed by atoms with Gasteiger partial charge in [-0.25, -0.2) is 0 Å². The Morgan fingerprint density at radius 2 is 1.94 bits per heavy atom. The van der Waals surface area contributed by atoms with Crippen molar-refractivity contribution in [3.8, 4) is 11.8 Å². The second-order valence-electron chi connectivity index (χ2n) is 4.60. The number of hydrogen-bond donors (Lipinski definition) is 0. The maximum atomic E-state index is 8.89. The van der Waals surface area contributed by atoms with Crippen LogP contribution in [-0.2, 0) is 4.74 Å². The first-order valence-corrected chi connectivity index (χ1v) is 6.43. The monoisotopic (exact) mass is 247 g/mol. The molecule has 98 valence electrons. The van der Waals surface area contributed by atoms with Gasteiger partial charge in [0.1, 0.15) is 11.8 Å². The van der Waals surface area contributed by atoms with Gasteiger partial charge in [0.05, 0.1) is 12.2 Å². The van der Waals surface area contributed by atoms with E-state index in [9.17, 15) is 0 Å². The fourth-order valence-electron chi connectivity index (χ4n) is 1.45. The summed E-state index contributed by atoms with van der Waals surface area (Å²) in [7, 11) is 0. The average molecular weight is 247 g/mol. The second kappa shape index (κ2) is 8.54. The minimum absolute atomic E-state index is 0.582. The third kappa shape index (κ3) is 5.70. The Balaban J connectivity index is 2.13. The van der Waals surface area contributed by atoms with Crippen LogP contribution in [0.3, 0.4) is 0 Å². The molecule has 0 radical (unpaired) electrons. The predicted octanol–water partition coefficient (Wildman–Crippen LogP) is 3.39. The van der Waals surface area contributed by atoms with Gasteiger partial charge >= 0.3 is 0 Å². The number of rotatable bonds is 8. The maximum absolute atomic E-state index is 8.89. The molecule has 0 bridgehead atoms. The molecule has 0 fully saturated rings. The summed E-state index contributed by atoms with van der Waals surface area (Å²) in [4.78, 5) is 0. The standard InChI is InChI=1S/C15H21NO2/c1-13(2)8-11-17-9-5-10-18-15-7-4-3-6-14(15)12-16/h3-4,6-7,13H,5,8-11H2,1-2H3. The fraction of sp³-hybridized carbons (Fsp3) is 0.533. The van der Waals surface area contributed by atoms with Gasteiger partial charge < -0.3 is 9.47 Å². The Labute approximate surface area is 109 Å². The summed E-state index contributed by atoms with van der Waals surface area (Å²) in [6.07, 6.45) is 1.94. The lowest BCUT2D eigenvalue weighted by molar-refractivity contribution is 0.110. The summed E-state index contributed by atoms with van der Waals surface area (Å²) in [5.41, 5.74) is 0.582. The Bertz CT molecular complexity index is 382. The van der Waals surface area contributed by atoms with E-state index in [1.54, 1.807) is 6.07 Å². The number of benzene rings is 1. The van der Waals surface area contributed by atoms with Crippen molar-refractivity contribution in [2.45, 2.75) is 26.7 Å². The molecule has 0 saturated heterocycles. The summed E-state index contributed by atoms with van der Waals surface area (Å²) < 4.78 is 11.0. The zero-order valence-corrected chi connectivity index (χ0v) is 11.2. The van der Waals surface area contributed by atoms with Crippen LogP contribution >= 0.6 is 0 Å². The van der Waals surface area contributed by atoms with Crippen LogP contribution in [0.15, 0.2) is 24.3 Å². The first kappa shape index (κ1) is 14.5. The SMILES string of the molecule is CC(C)CCOCCCOc1ccccc1C#N. The van der Waals surface area contributed by atoms with Crippen LogP contribution in [0.25, 0.3) is 0 Å². The molecule has 1 rings (SSSR count). The van der Waals surface area contributed by atoms with Crippen LogP contribution in [0.5, 0.6) is 5.75 Å². The molecule has 0 saturated carbocycles. The van der Waals surface area contributed by atoms with Gasteiger partial charge in [-0.2, -0.15) is 5.26 Å². The highest BCUT2D eigenvalue weighted by atomic mass is 16.5. The molecule has 1 aromatic carbocycles. The smallest absolute Gasteiger partial charge is 0.137 e. The van der Waals surface area contributed by atoms with Crippen molar-refractivity contribution in [2.75, 3.05) is 19.8 Å². The lowest BCUT2D eigenvalue weighted by atomic mass is 10.1. The third-order valence-electron chi connectivity index (χ3n) is 2.54. The first-order valence-electron chi connectivity index (χ1n) is 6.43. The van der Waals surface area contributed by atoms with E-state index >= 15 is 0 Å². The highest BCUT2D eigenvalue weighted by Gasteiger charge is 2.01. The summed E-state index contributed by atoms with van der Waals surface area (Å²) in [5.74, 6) is 1.34. The molecule has 0 amide bonds. The molecule has 0 aromatic heterocycles. The van der Waals surface area contributed by atoms with Crippen molar-refractivity contribution in [1.82, 2.24) is 0 Å². The van der Waals surface area contributed by atoms with Crippen molar-refractivity contribution >= 4 is 0 Å². The molecule has 3 nitrogen and oxygen atoms in total. The molecule has 0 spiro atoms. The molecule has 0 unspecified atom stereocenters. The Morgan fingerprint density at radius 3 is 2.67 bits per heavy atom. The van der Waals surface area contributed by atoms with Gasteiger partial charge in [-0.1, -0.05) is 26.0 Å². The Morgan fingerprint density at radius 1 is 1.17 bits per heavy atom. The number of nitriles is 1. The van der Waals surface area contributed by atoms with E-state index in [1.165, 1.54) is 0 Å². The fourth-order valence-corrected chi connectivity index (χ4v) is 1.45. The van der Waals surface area contributed by atoms with Crippen molar-refractivity contribution in [3.05, 3.63) is 29.8 Å². The molecule has 0 N–H and O–H groups in total. The molecule has 0 atom stereocenters. The number of hydrogen-bond acceptors (Lipinski definition) is 3.